The van der Waals surface area contributed by atoms with E-state index in [-0.39, 0.29) is 11.5 Å². The van der Waals surface area contributed by atoms with Crippen LogP contribution in [0, 0.1) is 0 Å². The molecule has 0 atom stereocenters. The Balaban J connectivity index is 1.46. The second kappa shape index (κ2) is 6.76. The highest BCUT2D eigenvalue weighted by Gasteiger charge is 2.32. The minimum absolute atomic E-state index is 0.217. The Labute approximate surface area is 149 Å². The third kappa shape index (κ3) is 3.46. The Hall–Kier alpha value is -2.34. The van der Waals surface area contributed by atoms with Crippen molar-refractivity contribution in [2.45, 2.75) is 31.5 Å². The molecule has 3 aromatic rings. The van der Waals surface area contributed by atoms with Gasteiger partial charge in [0.1, 0.15) is 6.54 Å². The molecule has 1 aromatic heterocycles. The van der Waals surface area contributed by atoms with Crippen LogP contribution < -0.4 is 4.90 Å². The number of halogens is 3. The molecule has 1 aliphatic rings. The summed E-state index contributed by atoms with van der Waals surface area (Å²) in [5.74, 6) is 0.243. The lowest BCUT2D eigenvalue weighted by molar-refractivity contribution is -0.919. The minimum atomic E-state index is -4.37. The summed E-state index contributed by atoms with van der Waals surface area (Å²) >= 11 is 0. The summed E-state index contributed by atoms with van der Waals surface area (Å²) < 4.78 is 43.7. The van der Waals surface area contributed by atoms with Gasteiger partial charge in [0.05, 0.1) is 24.3 Å². The highest BCUT2D eigenvalue weighted by Crippen LogP contribution is 2.35. The molecule has 1 aliphatic heterocycles. The first-order valence-corrected chi connectivity index (χ1v) is 8.85. The molecular formula is C20H20F3N2O+. The zero-order valence-electron chi connectivity index (χ0n) is 14.2. The van der Waals surface area contributed by atoms with E-state index in [0.29, 0.717) is 5.39 Å². The Morgan fingerprint density at radius 3 is 2.46 bits per heavy atom. The number of hydrogen-bond donors (Lipinski definition) is 1. The van der Waals surface area contributed by atoms with Gasteiger partial charge in [-0.2, -0.15) is 13.2 Å². The molecule has 0 unspecified atom stereocenters. The molecule has 1 saturated heterocycles. The standard InChI is InChI=1S/C20H19F3N2O/c21-20(22,23)16-6-7-17-18(12-16)26-24-19(17)15-8-10-25(11-9-15)13-14-4-2-1-3-5-14/h1-7,12,15H,8-11,13H2/p+1. The zero-order valence-corrected chi connectivity index (χ0v) is 14.2. The number of likely N-dealkylation sites (tertiary alicyclic amines) is 1. The van der Waals surface area contributed by atoms with Crippen molar-refractivity contribution in [2.24, 2.45) is 0 Å². The van der Waals surface area contributed by atoms with Crippen molar-refractivity contribution in [3.05, 3.63) is 65.4 Å². The summed E-state index contributed by atoms with van der Waals surface area (Å²) in [7, 11) is 0. The van der Waals surface area contributed by atoms with Crippen molar-refractivity contribution in [3.8, 4) is 0 Å². The quantitative estimate of drug-likeness (QED) is 0.769. The summed E-state index contributed by atoms with van der Waals surface area (Å²) in [6.45, 7) is 3.05. The molecule has 2 heterocycles. The van der Waals surface area contributed by atoms with Crippen LogP contribution in [0.1, 0.15) is 35.6 Å². The fraction of sp³-hybridized carbons (Fsp3) is 0.350. The predicted octanol–water partition coefficient (Wildman–Crippen LogP) is 3.81. The lowest BCUT2D eigenvalue weighted by atomic mass is 9.91. The molecule has 0 saturated carbocycles. The van der Waals surface area contributed by atoms with Crippen molar-refractivity contribution in [2.75, 3.05) is 13.1 Å². The van der Waals surface area contributed by atoms with E-state index in [1.807, 2.05) is 6.07 Å². The first kappa shape index (κ1) is 17.1. The van der Waals surface area contributed by atoms with E-state index in [0.717, 1.165) is 50.3 Å². The van der Waals surface area contributed by atoms with E-state index in [1.54, 1.807) is 0 Å². The molecule has 1 fully saturated rings. The SMILES string of the molecule is FC(F)(F)c1ccc2c(C3CC[NH+](Cc4ccccc4)CC3)noc2c1. The number of fused-ring (bicyclic) bond motifs is 1. The van der Waals surface area contributed by atoms with E-state index in [2.05, 4.69) is 29.4 Å². The Morgan fingerprint density at radius 1 is 1.04 bits per heavy atom. The van der Waals surface area contributed by atoms with Crippen LogP contribution in [-0.2, 0) is 12.7 Å². The molecule has 6 heteroatoms. The van der Waals surface area contributed by atoms with Crippen LogP contribution in [0.4, 0.5) is 13.2 Å². The number of alkyl halides is 3. The van der Waals surface area contributed by atoms with E-state index in [9.17, 15) is 13.2 Å². The van der Waals surface area contributed by atoms with E-state index >= 15 is 0 Å². The average molecular weight is 361 g/mol. The molecule has 136 valence electrons. The van der Waals surface area contributed by atoms with Gasteiger partial charge in [-0.05, 0) is 18.2 Å². The maximum absolute atomic E-state index is 12.8. The van der Waals surface area contributed by atoms with Crippen molar-refractivity contribution in [1.82, 2.24) is 5.16 Å². The topological polar surface area (TPSA) is 30.5 Å². The second-order valence-corrected chi connectivity index (χ2v) is 6.96. The highest BCUT2D eigenvalue weighted by atomic mass is 19.4. The molecule has 0 bridgehead atoms. The number of rotatable bonds is 3. The van der Waals surface area contributed by atoms with Crippen molar-refractivity contribution < 1.29 is 22.6 Å². The number of nitrogens with one attached hydrogen (secondary N) is 1. The summed E-state index contributed by atoms with van der Waals surface area (Å²) in [6.07, 6.45) is -2.44. The average Bonchev–Trinajstić information content (AvgIpc) is 3.06. The number of aromatic nitrogens is 1. The molecule has 0 radical (unpaired) electrons. The third-order valence-electron chi connectivity index (χ3n) is 5.20. The van der Waals surface area contributed by atoms with Crippen LogP contribution in [0.5, 0.6) is 0 Å². The van der Waals surface area contributed by atoms with Crippen molar-refractivity contribution >= 4 is 11.0 Å². The Morgan fingerprint density at radius 2 is 1.77 bits per heavy atom. The van der Waals surface area contributed by atoms with Gasteiger partial charge in [0, 0.05) is 29.7 Å². The predicted molar refractivity (Wildman–Crippen MR) is 91.8 cm³/mol. The fourth-order valence-corrected chi connectivity index (χ4v) is 3.79. The largest absolute Gasteiger partial charge is 0.416 e. The lowest BCUT2D eigenvalue weighted by Crippen LogP contribution is -3.11. The Kier molecular flexibility index (Phi) is 4.44. The minimum Gasteiger partial charge on any atom is -0.356 e. The van der Waals surface area contributed by atoms with Gasteiger partial charge in [0.2, 0.25) is 0 Å². The van der Waals surface area contributed by atoms with Crippen LogP contribution in [0.3, 0.4) is 0 Å². The molecular weight excluding hydrogens is 341 g/mol. The monoisotopic (exact) mass is 361 g/mol. The molecule has 3 nitrogen and oxygen atoms in total. The number of quaternary nitrogens is 1. The normalized spacial score (nSPS) is 21.2. The maximum atomic E-state index is 12.8. The van der Waals surface area contributed by atoms with Gasteiger partial charge in [-0.15, -0.1) is 0 Å². The third-order valence-corrected chi connectivity index (χ3v) is 5.20. The van der Waals surface area contributed by atoms with E-state index in [4.69, 9.17) is 4.52 Å². The van der Waals surface area contributed by atoms with Gasteiger partial charge < -0.3 is 9.42 Å². The zero-order chi connectivity index (χ0) is 18.1. The van der Waals surface area contributed by atoms with Gasteiger partial charge in [-0.1, -0.05) is 35.5 Å². The van der Waals surface area contributed by atoms with Crippen molar-refractivity contribution in [3.63, 3.8) is 0 Å². The lowest BCUT2D eigenvalue weighted by Gasteiger charge is -2.28. The van der Waals surface area contributed by atoms with Crippen LogP contribution in [-0.4, -0.2) is 18.2 Å². The van der Waals surface area contributed by atoms with Crippen LogP contribution in [0.15, 0.2) is 53.1 Å². The summed E-state index contributed by atoms with van der Waals surface area (Å²) in [4.78, 5) is 1.53. The smallest absolute Gasteiger partial charge is 0.356 e. The van der Waals surface area contributed by atoms with Crippen LogP contribution in [0.2, 0.25) is 0 Å². The van der Waals surface area contributed by atoms with Gasteiger partial charge in [-0.25, -0.2) is 0 Å². The summed E-state index contributed by atoms with van der Waals surface area (Å²) in [5.41, 5.74) is 1.64. The highest BCUT2D eigenvalue weighted by molar-refractivity contribution is 5.80. The first-order chi connectivity index (χ1) is 12.5. The van der Waals surface area contributed by atoms with Gasteiger partial charge in [0.15, 0.2) is 5.58 Å². The first-order valence-electron chi connectivity index (χ1n) is 8.85. The van der Waals surface area contributed by atoms with E-state index < -0.39 is 11.7 Å². The molecule has 2 aromatic carbocycles. The molecule has 26 heavy (non-hydrogen) atoms. The van der Waals surface area contributed by atoms with Gasteiger partial charge in [0.25, 0.3) is 0 Å². The summed E-state index contributed by atoms with van der Waals surface area (Å²) in [6, 6.07) is 14.1. The molecule has 0 spiro atoms. The van der Waals surface area contributed by atoms with Crippen LogP contribution in [0.25, 0.3) is 11.0 Å². The van der Waals surface area contributed by atoms with Crippen LogP contribution >= 0.6 is 0 Å². The van der Waals surface area contributed by atoms with Crippen molar-refractivity contribution in [1.29, 1.82) is 0 Å². The summed E-state index contributed by atoms with van der Waals surface area (Å²) in [5, 5.41) is 4.80. The number of benzene rings is 2. The molecule has 0 amide bonds. The Bertz CT molecular complexity index is 881. The molecule has 4 rings (SSSR count). The number of nitrogens with zero attached hydrogens (tertiary/aromatic N) is 1. The second-order valence-electron chi connectivity index (χ2n) is 6.96. The van der Waals surface area contributed by atoms with Gasteiger partial charge >= 0.3 is 6.18 Å². The fourth-order valence-electron chi connectivity index (χ4n) is 3.79. The number of piperidine rings is 1. The van der Waals surface area contributed by atoms with E-state index in [1.165, 1.54) is 16.5 Å². The maximum Gasteiger partial charge on any atom is 0.416 e. The molecule has 1 N–H and O–H groups in total. The molecule has 0 aliphatic carbocycles. The number of hydrogen-bond acceptors (Lipinski definition) is 2. The van der Waals surface area contributed by atoms with Gasteiger partial charge in [-0.3, -0.25) is 0 Å².